The number of aromatic nitrogens is 2. The van der Waals surface area contributed by atoms with E-state index in [4.69, 9.17) is 0 Å². The Balaban J connectivity index is 1.55. The molecule has 3 nitrogen and oxygen atoms in total. The van der Waals surface area contributed by atoms with E-state index in [1.807, 2.05) is 0 Å². The fraction of sp³-hybridized carbons (Fsp3) is 0.471. The molecule has 2 aliphatic rings. The maximum atomic E-state index is 4.56. The summed E-state index contributed by atoms with van der Waals surface area (Å²) in [5, 5.41) is 7.80. The number of aryl methyl sites for hydroxylation is 1. The Morgan fingerprint density at radius 2 is 2.05 bits per heavy atom. The Hall–Kier alpha value is -1.61. The molecule has 1 unspecified atom stereocenters. The van der Waals surface area contributed by atoms with Gasteiger partial charge in [-0.1, -0.05) is 30.3 Å². The van der Waals surface area contributed by atoms with Crippen LogP contribution in [0.15, 0.2) is 30.3 Å². The van der Waals surface area contributed by atoms with Gasteiger partial charge in [0.25, 0.3) is 0 Å². The summed E-state index contributed by atoms with van der Waals surface area (Å²) in [7, 11) is 0. The molecule has 0 saturated carbocycles. The van der Waals surface area contributed by atoms with Gasteiger partial charge < -0.3 is 0 Å². The smallest absolute Gasteiger partial charge is 0.0797 e. The van der Waals surface area contributed by atoms with Crippen molar-refractivity contribution in [3.63, 3.8) is 0 Å². The van der Waals surface area contributed by atoms with Crippen LogP contribution in [-0.2, 0) is 19.4 Å². The molecule has 1 aromatic carbocycles. The van der Waals surface area contributed by atoms with Crippen LogP contribution in [0, 0.1) is 0 Å². The number of likely N-dealkylation sites (tertiary alicyclic amines) is 1. The summed E-state index contributed by atoms with van der Waals surface area (Å²) in [6.07, 6.45) is 6.26. The van der Waals surface area contributed by atoms with Gasteiger partial charge in [0.15, 0.2) is 0 Å². The first-order valence-corrected chi connectivity index (χ1v) is 7.76. The fourth-order valence-corrected chi connectivity index (χ4v) is 3.78. The van der Waals surface area contributed by atoms with Crippen molar-refractivity contribution in [2.75, 3.05) is 6.54 Å². The van der Waals surface area contributed by atoms with Crippen molar-refractivity contribution in [2.24, 2.45) is 0 Å². The lowest BCUT2D eigenvalue weighted by Gasteiger charge is -2.24. The van der Waals surface area contributed by atoms with Crippen molar-refractivity contribution in [3.8, 4) is 0 Å². The first-order chi connectivity index (χ1) is 9.92. The molecule has 1 aliphatic carbocycles. The molecule has 20 heavy (non-hydrogen) atoms. The van der Waals surface area contributed by atoms with Crippen molar-refractivity contribution in [1.29, 1.82) is 0 Å². The average molecular weight is 267 g/mol. The highest BCUT2D eigenvalue weighted by molar-refractivity contribution is 5.30. The highest BCUT2D eigenvalue weighted by Gasteiger charge is 2.28. The van der Waals surface area contributed by atoms with Gasteiger partial charge in [-0.3, -0.25) is 10.00 Å². The highest BCUT2D eigenvalue weighted by atomic mass is 15.2. The van der Waals surface area contributed by atoms with E-state index in [0.717, 1.165) is 6.54 Å². The van der Waals surface area contributed by atoms with E-state index < -0.39 is 0 Å². The largest absolute Gasteiger partial charge is 0.290 e. The Morgan fingerprint density at radius 1 is 1.15 bits per heavy atom. The predicted octanol–water partition coefficient (Wildman–Crippen LogP) is 3.24. The van der Waals surface area contributed by atoms with E-state index >= 15 is 0 Å². The molecule has 4 rings (SSSR count). The van der Waals surface area contributed by atoms with Crippen LogP contribution in [0.3, 0.4) is 0 Å². The second-order valence-corrected chi connectivity index (χ2v) is 6.02. The van der Waals surface area contributed by atoms with E-state index in [2.05, 4.69) is 45.4 Å². The molecule has 1 aromatic heterocycles. The lowest BCUT2D eigenvalue weighted by atomic mass is 10.0. The average Bonchev–Trinajstić information content (AvgIpc) is 3.18. The van der Waals surface area contributed by atoms with Crippen LogP contribution in [0.25, 0.3) is 0 Å². The first kappa shape index (κ1) is 12.2. The molecule has 1 atom stereocenters. The van der Waals surface area contributed by atoms with Gasteiger partial charge in [0.05, 0.1) is 5.69 Å². The molecule has 3 heteroatoms. The maximum Gasteiger partial charge on any atom is 0.0797 e. The topological polar surface area (TPSA) is 31.9 Å². The van der Waals surface area contributed by atoms with Crippen LogP contribution >= 0.6 is 0 Å². The van der Waals surface area contributed by atoms with E-state index in [-0.39, 0.29) is 0 Å². The minimum Gasteiger partial charge on any atom is -0.290 e. The molecule has 1 saturated heterocycles. The molecule has 0 amide bonds. The number of H-pyrrole nitrogens is 1. The summed E-state index contributed by atoms with van der Waals surface area (Å²) < 4.78 is 0. The zero-order valence-corrected chi connectivity index (χ0v) is 11.8. The summed E-state index contributed by atoms with van der Waals surface area (Å²) >= 11 is 0. The predicted molar refractivity (Wildman–Crippen MR) is 79.4 cm³/mol. The number of benzene rings is 1. The Labute approximate surface area is 120 Å². The van der Waals surface area contributed by atoms with Gasteiger partial charge in [-0.05, 0) is 49.8 Å². The lowest BCUT2D eigenvalue weighted by Crippen LogP contribution is -2.23. The summed E-state index contributed by atoms with van der Waals surface area (Å²) in [6.45, 7) is 2.20. The molecule has 2 aromatic rings. The van der Waals surface area contributed by atoms with Crippen molar-refractivity contribution in [2.45, 2.75) is 44.7 Å². The SMILES string of the molecule is c1ccc(C2CCCN2Cc2n[nH]c3c2CCC3)cc1. The molecule has 1 aliphatic heterocycles. The third-order valence-corrected chi connectivity index (χ3v) is 4.79. The quantitative estimate of drug-likeness (QED) is 0.926. The number of hydrogen-bond acceptors (Lipinski definition) is 2. The van der Waals surface area contributed by atoms with Crippen molar-refractivity contribution in [1.82, 2.24) is 15.1 Å². The molecule has 2 heterocycles. The zero-order chi connectivity index (χ0) is 13.4. The maximum absolute atomic E-state index is 4.56. The standard InChI is InChI=1S/C17H21N3/c1-2-6-13(7-3-1)17-10-5-11-20(17)12-16-14-8-4-9-15(14)18-19-16/h1-3,6-7,17H,4-5,8-12H2,(H,18,19). The summed E-state index contributed by atoms with van der Waals surface area (Å²) in [4.78, 5) is 2.60. The molecule has 0 spiro atoms. The number of nitrogens with one attached hydrogen (secondary N) is 1. The zero-order valence-electron chi connectivity index (χ0n) is 11.8. The van der Waals surface area contributed by atoms with E-state index in [9.17, 15) is 0 Å². The summed E-state index contributed by atoms with van der Waals surface area (Å²) in [5.74, 6) is 0. The van der Waals surface area contributed by atoms with Crippen LogP contribution in [0.2, 0.25) is 0 Å². The minimum absolute atomic E-state index is 0.574. The Kier molecular flexibility index (Phi) is 3.07. The molecule has 0 bridgehead atoms. The van der Waals surface area contributed by atoms with Crippen molar-refractivity contribution in [3.05, 3.63) is 52.8 Å². The summed E-state index contributed by atoms with van der Waals surface area (Å²) in [5.41, 5.74) is 5.64. The molecule has 1 N–H and O–H groups in total. The molecule has 104 valence electrons. The molecular formula is C17H21N3. The van der Waals surface area contributed by atoms with Crippen LogP contribution < -0.4 is 0 Å². The van der Waals surface area contributed by atoms with Gasteiger partial charge in [-0.25, -0.2) is 0 Å². The van der Waals surface area contributed by atoms with Crippen LogP contribution in [0.5, 0.6) is 0 Å². The van der Waals surface area contributed by atoms with Crippen molar-refractivity contribution >= 4 is 0 Å². The van der Waals surface area contributed by atoms with Gasteiger partial charge in [-0.2, -0.15) is 5.10 Å². The molecule has 0 radical (unpaired) electrons. The third-order valence-electron chi connectivity index (χ3n) is 4.79. The number of nitrogens with zero attached hydrogens (tertiary/aromatic N) is 2. The van der Waals surface area contributed by atoms with Crippen molar-refractivity contribution < 1.29 is 0 Å². The number of aromatic amines is 1. The van der Waals surface area contributed by atoms with Gasteiger partial charge in [0, 0.05) is 18.3 Å². The Bertz CT molecular complexity index is 588. The van der Waals surface area contributed by atoms with Gasteiger partial charge in [0.2, 0.25) is 0 Å². The monoisotopic (exact) mass is 267 g/mol. The van der Waals surface area contributed by atoms with Gasteiger partial charge >= 0.3 is 0 Å². The number of hydrogen-bond donors (Lipinski definition) is 1. The normalized spacial score (nSPS) is 22.3. The highest BCUT2D eigenvalue weighted by Crippen LogP contribution is 2.34. The molecular weight excluding hydrogens is 246 g/mol. The van der Waals surface area contributed by atoms with E-state index in [0.29, 0.717) is 6.04 Å². The second kappa shape index (κ2) is 5.06. The third kappa shape index (κ3) is 2.06. The van der Waals surface area contributed by atoms with E-state index in [1.165, 1.54) is 61.2 Å². The van der Waals surface area contributed by atoms with Gasteiger partial charge in [0.1, 0.15) is 0 Å². The minimum atomic E-state index is 0.574. The van der Waals surface area contributed by atoms with Crippen LogP contribution in [0.1, 0.15) is 47.8 Å². The van der Waals surface area contributed by atoms with Crippen LogP contribution in [-0.4, -0.2) is 21.6 Å². The second-order valence-electron chi connectivity index (χ2n) is 6.02. The van der Waals surface area contributed by atoms with Gasteiger partial charge in [-0.15, -0.1) is 0 Å². The first-order valence-electron chi connectivity index (χ1n) is 7.76. The van der Waals surface area contributed by atoms with E-state index in [1.54, 1.807) is 0 Å². The summed E-state index contributed by atoms with van der Waals surface area (Å²) in [6, 6.07) is 11.5. The molecule has 1 fully saturated rings. The van der Waals surface area contributed by atoms with Crippen LogP contribution in [0.4, 0.5) is 0 Å². The number of rotatable bonds is 3. The lowest BCUT2D eigenvalue weighted by molar-refractivity contribution is 0.245. The number of fused-ring (bicyclic) bond motifs is 1. The Morgan fingerprint density at radius 3 is 2.95 bits per heavy atom. The fourth-order valence-electron chi connectivity index (χ4n) is 3.78.